The Balaban J connectivity index is 0.00000256. The molecule has 1 atom stereocenters. The van der Waals surface area contributed by atoms with Gasteiger partial charge in [0.25, 0.3) is 0 Å². The summed E-state index contributed by atoms with van der Waals surface area (Å²) >= 11 is 0. The molecule has 17 heavy (non-hydrogen) atoms. The molecule has 0 spiro atoms. The number of ether oxygens (including phenoxy) is 1. The summed E-state index contributed by atoms with van der Waals surface area (Å²) in [5.41, 5.74) is 5.43. The van der Waals surface area contributed by atoms with Gasteiger partial charge in [-0.2, -0.15) is 0 Å². The van der Waals surface area contributed by atoms with Crippen molar-refractivity contribution in [3.63, 3.8) is 0 Å². The van der Waals surface area contributed by atoms with Gasteiger partial charge < -0.3 is 15.8 Å². The van der Waals surface area contributed by atoms with Gasteiger partial charge in [0.1, 0.15) is 0 Å². The van der Waals surface area contributed by atoms with E-state index in [9.17, 15) is 4.79 Å². The van der Waals surface area contributed by atoms with E-state index in [4.69, 9.17) is 10.5 Å². The van der Waals surface area contributed by atoms with Gasteiger partial charge in [0.05, 0.1) is 18.8 Å². The third-order valence-corrected chi connectivity index (χ3v) is 2.97. The third kappa shape index (κ3) is 7.58. The Labute approximate surface area is 110 Å². The van der Waals surface area contributed by atoms with Gasteiger partial charge in [-0.25, -0.2) is 0 Å². The van der Waals surface area contributed by atoms with Crippen LogP contribution in [0.1, 0.15) is 45.4 Å². The summed E-state index contributed by atoms with van der Waals surface area (Å²) in [6, 6.07) is -0.433. The summed E-state index contributed by atoms with van der Waals surface area (Å²) < 4.78 is 5.74. The molecule has 0 bridgehead atoms. The minimum Gasteiger partial charge on any atom is -0.376 e. The maximum absolute atomic E-state index is 11.2. The Morgan fingerprint density at radius 2 is 1.94 bits per heavy atom. The van der Waals surface area contributed by atoms with E-state index < -0.39 is 6.04 Å². The Morgan fingerprint density at radius 3 is 2.47 bits per heavy atom. The molecule has 1 aliphatic rings. The topological polar surface area (TPSA) is 64.4 Å². The first kappa shape index (κ1) is 16.7. The van der Waals surface area contributed by atoms with Crippen molar-refractivity contribution in [2.75, 3.05) is 13.2 Å². The number of hydrogen-bond donors (Lipinski definition) is 2. The second-order valence-corrected chi connectivity index (χ2v) is 4.56. The van der Waals surface area contributed by atoms with E-state index in [1.54, 1.807) is 6.92 Å². The Bertz CT molecular complexity index is 205. The summed E-state index contributed by atoms with van der Waals surface area (Å²) in [6.45, 7) is 2.85. The molecule has 4 nitrogen and oxygen atoms in total. The number of nitrogens with one attached hydrogen (secondary N) is 1. The number of carbonyl (C=O) groups is 1. The first-order valence-corrected chi connectivity index (χ1v) is 6.35. The van der Waals surface area contributed by atoms with Gasteiger partial charge in [0, 0.05) is 6.54 Å². The summed E-state index contributed by atoms with van der Waals surface area (Å²) in [7, 11) is 0. The highest BCUT2D eigenvalue weighted by atomic mass is 35.5. The van der Waals surface area contributed by atoms with Gasteiger partial charge in [0.2, 0.25) is 5.91 Å². The van der Waals surface area contributed by atoms with Crippen LogP contribution in [0.15, 0.2) is 0 Å². The molecule has 0 saturated heterocycles. The van der Waals surface area contributed by atoms with E-state index in [1.807, 2.05) is 0 Å². The number of carbonyl (C=O) groups excluding carboxylic acids is 1. The minimum atomic E-state index is -0.433. The second-order valence-electron chi connectivity index (χ2n) is 4.56. The number of amides is 1. The minimum absolute atomic E-state index is 0. The van der Waals surface area contributed by atoms with E-state index in [0.29, 0.717) is 19.3 Å². The Morgan fingerprint density at radius 1 is 1.35 bits per heavy atom. The molecule has 1 fully saturated rings. The Hall–Kier alpha value is -0.320. The predicted octanol–water partition coefficient (Wildman–Crippen LogP) is 1.61. The first-order valence-electron chi connectivity index (χ1n) is 6.35. The number of hydrogen-bond acceptors (Lipinski definition) is 3. The van der Waals surface area contributed by atoms with Crippen molar-refractivity contribution >= 4 is 18.3 Å². The lowest BCUT2D eigenvalue weighted by atomic mass is 10.1. The molecule has 0 aromatic rings. The lowest BCUT2D eigenvalue weighted by Crippen LogP contribution is -2.40. The molecule has 3 N–H and O–H groups in total. The van der Waals surface area contributed by atoms with E-state index in [0.717, 1.165) is 0 Å². The zero-order valence-corrected chi connectivity index (χ0v) is 11.4. The molecule has 0 aromatic carbocycles. The van der Waals surface area contributed by atoms with Crippen LogP contribution in [0.4, 0.5) is 0 Å². The lowest BCUT2D eigenvalue weighted by molar-refractivity contribution is -0.122. The normalized spacial score (nSPS) is 18.9. The molecule has 1 aliphatic carbocycles. The van der Waals surface area contributed by atoms with Crippen LogP contribution >= 0.6 is 12.4 Å². The average molecular weight is 265 g/mol. The summed E-state index contributed by atoms with van der Waals surface area (Å²) in [5.74, 6) is -0.107. The highest BCUT2D eigenvalue weighted by molar-refractivity contribution is 5.85. The molecular weight excluding hydrogens is 240 g/mol. The van der Waals surface area contributed by atoms with Gasteiger partial charge in [-0.3, -0.25) is 4.79 Å². The standard InChI is InChI=1S/C12H24N2O2.ClH/c1-10(13)12(15)14-8-9-16-11-6-4-2-3-5-7-11;/h10-11H,2-9,13H2,1H3,(H,14,15);1H/t10-;/m0./s1. The van der Waals surface area contributed by atoms with Gasteiger partial charge in [-0.05, 0) is 19.8 Å². The zero-order chi connectivity index (χ0) is 11.8. The number of halogens is 1. The van der Waals surface area contributed by atoms with Crippen LogP contribution in [-0.2, 0) is 9.53 Å². The summed E-state index contributed by atoms with van der Waals surface area (Å²) in [4.78, 5) is 11.2. The van der Waals surface area contributed by atoms with Crippen LogP contribution in [0.5, 0.6) is 0 Å². The van der Waals surface area contributed by atoms with Crippen LogP contribution in [0.3, 0.4) is 0 Å². The number of nitrogens with two attached hydrogens (primary N) is 1. The van der Waals surface area contributed by atoms with Gasteiger partial charge in [0.15, 0.2) is 0 Å². The first-order chi connectivity index (χ1) is 7.70. The van der Waals surface area contributed by atoms with Crippen molar-refractivity contribution in [3.8, 4) is 0 Å². The summed E-state index contributed by atoms with van der Waals surface area (Å²) in [5, 5.41) is 2.75. The largest absolute Gasteiger partial charge is 0.376 e. The fraction of sp³-hybridized carbons (Fsp3) is 0.917. The average Bonchev–Trinajstić information content (AvgIpc) is 2.52. The SMILES string of the molecule is C[C@H](N)C(=O)NCCOC1CCCCCC1.Cl. The van der Waals surface area contributed by atoms with Crippen molar-refractivity contribution in [2.45, 2.75) is 57.6 Å². The predicted molar refractivity (Wildman–Crippen MR) is 71.3 cm³/mol. The van der Waals surface area contributed by atoms with Gasteiger partial charge >= 0.3 is 0 Å². The molecule has 0 radical (unpaired) electrons. The third-order valence-electron chi connectivity index (χ3n) is 2.97. The molecule has 5 heteroatoms. The fourth-order valence-electron chi connectivity index (χ4n) is 1.97. The molecule has 0 aromatic heterocycles. The smallest absolute Gasteiger partial charge is 0.236 e. The molecule has 1 saturated carbocycles. The zero-order valence-electron chi connectivity index (χ0n) is 10.6. The van der Waals surface area contributed by atoms with Crippen LogP contribution < -0.4 is 11.1 Å². The highest BCUT2D eigenvalue weighted by Crippen LogP contribution is 2.19. The Kier molecular flexibility index (Phi) is 9.50. The number of rotatable bonds is 5. The van der Waals surface area contributed by atoms with Crippen LogP contribution in [0.2, 0.25) is 0 Å². The second kappa shape index (κ2) is 9.68. The monoisotopic (exact) mass is 264 g/mol. The van der Waals surface area contributed by atoms with E-state index in [2.05, 4.69) is 5.32 Å². The van der Waals surface area contributed by atoms with Crippen molar-refractivity contribution < 1.29 is 9.53 Å². The molecule has 102 valence electrons. The van der Waals surface area contributed by atoms with Crippen molar-refractivity contribution in [3.05, 3.63) is 0 Å². The van der Waals surface area contributed by atoms with Crippen molar-refractivity contribution in [1.29, 1.82) is 0 Å². The maximum atomic E-state index is 11.2. The molecule has 0 unspecified atom stereocenters. The molecular formula is C12H25ClN2O2. The quantitative estimate of drug-likeness (QED) is 0.586. The van der Waals surface area contributed by atoms with Gasteiger partial charge in [-0.1, -0.05) is 25.7 Å². The van der Waals surface area contributed by atoms with Crippen LogP contribution in [-0.4, -0.2) is 31.2 Å². The molecule has 1 amide bonds. The van der Waals surface area contributed by atoms with Crippen molar-refractivity contribution in [2.24, 2.45) is 5.73 Å². The summed E-state index contributed by atoms with van der Waals surface area (Å²) in [6.07, 6.45) is 7.95. The van der Waals surface area contributed by atoms with E-state index in [-0.39, 0.29) is 18.3 Å². The van der Waals surface area contributed by atoms with Crippen LogP contribution in [0.25, 0.3) is 0 Å². The van der Waals surface area contributed by atoms with Crippen molar-refractivity contribution in [1.82, 2.24) is 5.32 Å². The molecule has 1 rings (SSSR count). The lowest BCUT2D eigenvalue weighted by Gasteiger charge is -2.15. The molecule has 0 aliphatic heterocycles. The van der Waals surface area contributed by atoms with Crippen LogP contribution in [0, 0.1) is 0 Å². The molecule has 0 heterocycles. The van der Waals surface area contributed by atoms with E-state index in [1.165, 1.54) is 38.5 Å². The van der Waals surface area contributed by atoms with Gasteiger partial charge in [-0.15, -0.1) is 12.4 Å². The fourth-order valence-corrected chi connectivity index (χ4v) is 1.97. The highest BCUT2D eigenvalue weighted by Gasteiger charge is 2.12. The maximum Gasteiger partial charge on any atom is 0.236 e. The van der Waals surface area contributed by atoms with E-state index >= 15 is 0 Å².